The third-order valence-corrected chi connectivity index (χ3v) is 7.25. The fourth-order valence-corrected chi connectivity index (χ4v) is 5.21. The van der Waals surface area contributed by atoms with Gasteiger partial charge in [-0.1, -0.05) is 25.5 Å². The molecule has 0 saturated carbocycles. The van der Waals surface area contributed by atoms with E-state index < -0.39 is 11.6 Å². The zero-order valence-electron chi connectivity index (χ0n) is 19.2. The van der Waals surface area contributed by atoms with Crippen LogP contribution in [0.1, 0.15) is 63.0 Å². The molecule has 2 aliphatic rings. The van der Waals surface area contributed by atoms with Gasteiger partial charge in [0.25, 0.3) is 0 Å². The van der Waals surface area contributed by atoms with Crippen LogP contribution in [-0.2, 0) is 11.2 Å². The lowest BCUT2D eigenvalue weighted by Gasteiger charge is -2.39. The van der Waals surface area contributed by atoms with Crippen molar-refractivity contribution in [2.75, 3.05) is 32.7 Å². The Morgan fingerprint density at radius 2 is 2.03 bits per heavy atom. The van der Waals surface area contributed by atoms with Gasteiger partial charge < -0.3 is 15.1 Å². The summed E-state index contributed by atoms with van der Waals surface area (Å²) in [5.41, 5.74) is 1.05. The van der Waals surface area contributed by atoms with Gasteiger partial charge in [0.2, 0.25) is 0 Å². The van der Waals surface area contributed by atoms with Crippen molar-refractivity contribution >= 4 is 5.97 Å². The number of aliphatic hydroxyl groups is 1. The number of nitrogens with zero attached hydrogens (tertiary/aromatic N) is 2. The summed E-state index contributed by atoms with van der Waals surface area (Å²) in [7, 11) is 0. The third kappa shape index (κ3) is 6.74. The lowest BCUT2D eigenvalue weighted by Crippen LogP contribution is -2.46. The van der Waals surface area contributed by atoms with Crippen molar-refractivity contribution in [1.82, 2.24) is 9.80 Å². The van der Waals surface area contributed by atoms with Crippen LogP contribution in [0.25, 0.3) is 0 Å². The van der Waals surface area contributed by atoms with Crippen LogP contribution in [0.5, 0.6) is 0 Å². The fourth-order valence-electron chi connectivity index (χ4n) is 5.21. The van der Waals surface area contributed by atoms with Crippen molar-refractivity contribution in [2.45, 2.75) is 76.9 Å². The van der Waals surface area contributed by atoms with Crippen molar-refractivity contribution in [3.8, 4) is 0 Å². The van der Waals surface area contributed by atoms with Crippen LogP contribution in [0.2, 0.25) is 0 Å². The van der Waals surface area contributed by atoms with E-state index >= 15 is 0 Å². The van der Waals surface area contributed by atoms with Gasteiger partial charge in [0.15, 0.2) is 0 Å². The summed E-state index contributed by atoms with van der Waals surface area (Å²) in [5.74, 6) is -0.334. The molecule has 2 unspecified atom stereocenters. The molecule has 0 spiro atoms. The van der Waals surface area contributed by atoms with E-state index in [1.807, 2.05) is 19.1 Å². The molecule has 1 aromatic carbocycles. The van der Waals surface area contributed by atoms with E-state index in [9.17, 15) is 19.4 Å². The molecule has 0 radical (unpaired) electrons. The molecule has 2 saturated heterocycles. The molecule has 5 nitrogen and oxygen atoms in total. The average Bonchev–Trinajstić information content (AvgIpc) is 3.18. The van der Waals surface area contributed by atoms with Gasteiger partial charge in [-0.25, -0.2) is 4.39 Å². The van der Waals surface area contributed by atoms with Crippen LogP contribution < -0.4 is 0 Å². The lowest BCUT2D eigenvalue weighted by molar-refractivity contribution is -0.143. The lowest BCUT2D eigenvalue weighted by atomic mass is 9.85. The average molecular weight is 435 g/mol. The minimum absolute atomic E-state index is 0.153. The number of hydrogen-bond donors (Lipinski definition) is 2. The Hall–Kier alpha value is -1.50. The quantitative estimate of drug-likeness (QED) is 0.586. The maximum Gasteiger partial charge on any atom is 0.320 e. The van der Waals surface area contributed by atoms with Crippen LogP contribution >= 0.6 is 0 Å². The first kappa shape index (κ1) is 24.1. The number of carboxylic acids is 1. The van der Waals surface area contributed by atoms with E-state index in [0.717, 1.165) is 83.2 Å². The van der Waals surface area contributed by atoms with Gasteiger partial charge >= 0.3 is 5.97 Å². The predicted octanol–water partition coefficient (Wildman–Crippen LogP) is 3.86. The summed E-state index contributed by atoms with van der Waals surface area (Å²) in [6.07, 6.45) is 6.63. The van der Waals surface area contributed by atoms with Gasteiger partial charge in [-0.2, -0.15) is 0 Å². The van der Waals surface area contributed by atoms with Crippen molar-refractivity contribution < 1.29 is 19.4 Å². The van der Waals surface area contributed by atoms with E-state index in [-0.39, 0.29) is 11.9 Å². The standard InChI is InChI=1S/C25H39FN2O3/c1-3-5-23(24(29)30)28-13-9-21(18-28)17-27-14-11-25(31,12-15-27)10-4-6-20-8-7-19(2)22(26)16-20/h7-8,16,21,23,31H,3-6,9-15,17-18H2,1-2H3,(H,29,30). The SMILES string of the molecule is CCCC(C(=O)O)N1CCC(CN2CCC(O)(CCCc3ccc(C)c(F)c3)CC2)C1. The summed E-state index contributed by atoms with van der Waals surface area (Å²) >= 11 is 0. The molecule has 0 amide bonds. The van der Waals surface area contributed by atoms with E-state index in [0.29, 0.717) is 17.9 Å². The smallest absolute Gasteiger partial charge is 0.320 e. The highest BCUT2D eigenvalue weighted by molar-refractivity contribution is 5.73. The zero-order chi connectivity index (χ0) is 22.4. The second-order valence-electron chi connectivity index (χ2n) is 9.75. The third-order valence-electron chi connectivity index (χ3n) is 7.25. The van der Waals surface area contributed by atoms with Crippen molar-refractivity contribution in [3.63, 3.8) is 0 Å². The number of carboxylic acid groups (broad SMARTS) is 1. The van der Waals surface area contributed by atoms with Crippen molar-refractivity contribution in [2.24, 2.45) is 5.92 Å². The van der Waals surface area contributed by atoms with Crippen LogP contribution in [-0.4, -0.2) is 70.3 Å². The Bertz CT molecular complexity index is 733. The Morgan fingerprint density at radius 1 is 1.29 bits per heavy atom. The number of likely N-dealkylation sites (tertiary alicyclic amines) is 2. The van der Waals surface area contributed by atoms with Crippen LogP contribution in [0, 0.1) is 18.7 Å². The second kappa shape index (κ2) is 10.9. The summed E-state index contributed by atoms with van der Waals surface area (Å²) < 4.78 is 13.7. The Morgan fingerprint density at radius 3 is 2.68 bits per heavy atom. The van der Waals surface area contributed by atoms with E-state index in [4.69, 9.17) is 0 Å². The molecule has 1 aromatic rings. The first-order valence-corrected chi connectivity index (χ1v) is 12.0. The number of halogens is 1. The van der Waals surface area contributed by atoms with Gasteiger partial charge in [0.05, 0.1) is 5.60 Å². The molecular weight excluding hydrogens is 395 g/mol. The molecule has 2 fully saturated rings. The number of aryl methyl sites for hydroxylation is 2. The minimum Gasteiger partial charge on any atom is -0.480 e. The Labute approximate surface area is 186 Å². The van der Waals surface area contributed by atoms with E-state index in [1.165, 1.54) is 0 Å². The molecule has 2 atom stereocenters. The zero-order valence-corrected chi connectivity index (χ0v) is 19.2. The van der Waals surface area contributed by atoms with Crippen LogP contribution in [0.4, 0.5) is 4.39 Å². The predicted molar refractivity (Wildman–Crippen MR) is 121 cm³/mol. The highest BCUT2D eigenvalue weighted by Gasteiger charge is 2.35. The second-order valence-corrected chi connectivity index (χ2v) is 9.75. The normalized spacial score (nSPS) is 23.2. The summed E-state index contributed by atoms with van der Waals surface area (Å²) in [6, 6.07) is 5.07. The number of aliphatic carboxylic acids is 1. The topological polar surface area (TPSA) is 64.0 Å². The highest BCUT2D eigenvalue weighted by atomic mass is 19.1. The van der Waals surface area contributed by atoms with Gasteiger partial charge in [0.1, 0.15) is 11.9 Å². The molecule has 0 aliphatic carbocycles. The molecule has 174 valence electrons. The molecule has 2 aliphatic heterocycles. The number of benzene rings is 1. The van der Waals surface area contributed by atoms with Gasteiger partial charge in [-0.3, -0.25) is 9.69 Å². The summed E-state index contributed by atoms with van der Waals surface area (Å²) in [6.45, 7) is 8.33. The van der Waals surface area contributed by atoms with E-state index in [1.54, 1.807) is 13.0 Å². The van der Waals surface area contributed by atoms with Crippen molar-refractivity contribution in [1.29, 1.82) is 0 Å². The molecular formula is C25H39FN2O3. The first-order valence-electron chi connectivity index (χ1n) is 12.0. The molecule has 31 heavy (non-hydrogen) atoms. The Balaban J connectivity index is 1.39. The number of rotatable bonds is 10. The van der Waals surface area contributed by atoms with Gasteiger partial charge in [-0.05, 0) is 81.5 Å². The molecule has 0 bridgehead atoms. The molecule has 0 aromatic heterocycles. The van der Waals surface area contributed by atoms with Crippen molar-refractivity contribution in [3.05, 3.63) is 35.1 Å². The Kier molecular flexibility index (Phi) is 8.48. The molecule has 6 heteroatoms. The van der Waals surface area contributed by atoms with Crippen LogP contribution in [0.15, 0.2) is 18.2 Å². The largest absolute Gasteiger partial charge is 0.480 e. The van der Waals surface area contributed by atoms with Gasteiger partial charge in [-0.15, -0.1) is 0 Å². The molecule has 3 rings (SSSR count). The highest BCUT2D eigenvalue weighted by Crippen LogP contribution is 2.30. The molecule has 2 N–H and O–H groups in total. The van der Waals surface area contributed by atoms with Crippen LogP contribution in [0.3, 0.4) is 0 Å². The minimum atomic E-state index is -0.695. The maximum absolute atomic E-state index is 13.7. The summed E-state index contributed by atoms with van der Waals surface area (Å²) in [4.78, 5) is 16.1. The number of piperidine rings is 1. The van der Waals surface area contributed by atoms with Gasteiger partial charge in [0, 0.05) is 26.2 Å². The molecule has 2 heterocycles. The number of carbonyl (C=O) groups is 1. The maximum atomic E-state index is 13.7. The van der Waals surface area contributed by atoms with E-state index in [2.05, 4.69) is 9.80 Å². The monoisotopic (exact) mass is 434 g/mol. The number of hydrogen-bond acceptors (Lipinski definition) is 4. The summed E-state index contributed by atoms with van der Waals surface area (Å²) in [5, 5.41) is 20.5. The first-order chi connectivity index (χ1) is 14.8. The fraction of sp³-hybridized carbons (Fsp3) is 0.720.